The minimum atomic E-state index is -0.347. The van der Waals surface area contributed by atoms with Crippen LogP contribution in [0.5, 0.6) is 0 Å². The lowest BCUT2D eigenvalue weighted by Crippen LogP contribution is -2.18. The van der Waals surface area contributed by atoms with Crippen molar-refractivity contribution in [2.45, 2.75) is 13.1 Å². The van der Waals surface area contributed by atoms with Crippen LogP contribution in [0.2, 0.25) is 5.02 Å². The Morgan fingerprint density at radius 1 is 1.24 bits per heavy atom. The molecule has 3 N–H and O–H groups in total. The first kappa shape index (κ1) is 15.5. The summed E-state index contributed by atoms with van der Waals surface area (Å²) in [7, 11) is 1.92. The predicted octanol–water partition coefficient (Wildman–Crippen LogP) is 3.40. The number of hydrogen-bond acceptors (Lipinski definition) is 2. The average Bonchev–Trinajstić information content (AvgIpc) is 2.40. The molecule has 110 valence electrons. The van der Waals surface area contributed by atoms with Crippen LogP contribution in [0.3, 0.4) is 0 Å². The molecule has 0 fully saturated rings. The van der Waals surface area contributed by atoms with Crippen LogP contribution in [0.1, 0.15) is 16.7 Å². The quantitative estimate of drug-likeness (QED) is 0.657. The molecule has 2 rings (SSSR count). The van der Waals surface area contributed by atoms with Gasteiger partial charge in [0.05, 0.1) is 0 Å². The van der Waals surface area contributed by atoms with E-state index in [-0.39, 0.29) is 11.7 Å². The second kappa shape index (κ2) is 6.70. The van der Waals surface area contributed by atoms with Gasteiger partial charge >= 0.3 is 0 Å². The van der Waals surface area contributed by atoms with Crippen molar-refractivity contribution in [1.29, 1.82) is 5.41 Å². The maximum Gasteiger partial charge on any atom is 0.128 e. The van der Waals surface area contributed by atoms with Crippen molar-refractivity contribution in [3.63, 3.8) is 0 Å². The fraction of sp³-hybridized carbons (Fsp3) is 0.188. The lowest BCUT2D eigenvalue weighted by atomic mass is 10.1. The summed E-state index contributed by atoms with van der Waals surface area (Å²) in [5, 5.41) is 7.99. The van der Waals surface area contributed by atoms with Gasteiger partial charge in [-0.1, -0.05) is 35.9 Å². The first-order valence-corrected chi connectivity index (χ1v) is 6.89. The van der Waals surface area contributed by atoms with Gasteiger partial charge in [-0.3, -0.25) is 10.3 Å². The number of nitrogens with two attached hydrogens (primary N) is 1. The predicted molar refractivity (Wildman–Crippen MR) is 84.0 cm³/mol. The van der Waals surface area contributed by atoms with Crippen molar-refractivity contribution < 1.29 is 4.39 Å². The molecule has 0 radical (unpaired) electrons. The van der Waals surface area contributed by atoms with Gasteiger partial charge in [-0.2, -0.15) is 0 Å². The van der Waals surface area contributed by atoms with Crippen molar-refractivity contribution in [2.75, 3.05) is 7.05 Å². The van der Waals surface area contributed by atoms with Gasteiger partial charge in [0, 0.05) is 29.2 Å². The number of rotatable bonds is 5. The second-order valence-electron chi connectivity index (χ2n) is 5.02. The number of hydrogen-bond donors (Lipinski definition) is 2. The first-order valence-electron chi connectivity index (χ1n) is 6.51. The van der Waals surface area contributed by atoms with Gasteiger partial charge in [-0.25, -0.2) is 4.39 Å². The maximum atomic E-state index is 14.0. The van der Waals surface area contributed by atoms with E-state index in [0.717, 1.165) is 5.56 Å². The normalized spacial score (nSPS) is 10.9. The standard InChI is InChI=1S/C16H17ClFN3/c1-21(9-11-3-2-4-14(17)7-11)10-13-6-5-12(16(19)20)8-15(13)18/h2-8H,9-10H2,1H3,(H3,19,20). The van der Waals surface area contributed by atoms with Crippen molar-refractivity contribution in [3.8, 4) is 0 Å². The van der Waals surface area contributed by atoms with Crippen molar-refractivity contribution in [3.05, 3.63) is 70.0 Å². The summed E-state index contributed by atoms with van der Waals surface area (Å²) in [5.74, 6) is -0.478. The van der Waals surface area contributed by atoms with Crippen LogP contribution >= 0.6 is 11.6 Å². The number of amidine groups is 1. The molecule has 5 heteroatoms. The highest BCUT2D eigenvalue weighted by atomic mass is 35.5. The van der Waals surface area contributed by atoms with Crippen molar-refractivity contribution in [1.82, 2.24) is 4.90 Å². The second-order valence-corrected chi connectivity index (χ2v) is 5.46. The van der Waals surface area contributed by atoms with E-state index < -0.39 is 0 Å². The third kappa shape index (κ3) is 4.28. The minimum Gasteiger partial charge on any atom is -0.384 e. The smallest absolute Gasteiger partial charge is 0.128 e. The summed E-state index contributed by atoms with van der Waals surface area (Å²) < 4.78 is 14.0. The van der Waals surface area contributed by atoms with E-state index >= 15 is 0 Å². The molecule has 0 saturated heterocycles. The van der Waals surface area contributed by atoms with E-state index in [2.05, 4.69) is 0 Å². The molecule has 0 amide bonds. The molecule has 0 heterocycles. The Hall–Kier alpha value is -1.91. The van der Waals surface area contributed by atoms with E-state index in [9.17, 15) is 4.39 Å². The molecule has 0 aliphatic rings. The van der Waals surface area contributed by atoms with Crippen LogP contribution < -0.4 is 5.73 Å². The molecule has 0 saturated carbocycles. The molecule has 0 bridgehead atoms. The Morgan fingerprint density at radius 2 is 2.00 bits per heavy atom. The molecule has 2 aromatic carbocycles. The highest BCUT2D eigenvalue weighted by Gasteiger charge is 2.08. The SMILES string of the molecule is CN(Cc1cccc(Cl)c1)Cc1ccc(C(=N)N)cc1F. The summed E-state index contributed by atoms with van der Waals surface area (Å²) in [5.41, 5.74) is 7.39. The van der Waals surface area contributed by atoms with Gasteiger partial charge in [0.2, 0.25) is 0 Å². The van der Waals surface area contributed by atoms with E-state index in [1.807, 2.05) is 36.2 Å². The summed E-state index contributed by atoms with van der Waals surface area (Å²) in [6.45, 7) is 1.14. The van der Waals surface area contributed by atoms with Gasteiger partial charge in [0.1, 0.15) is 11.7 Å². The molecular formula is C16H17ClFN3. The molecule has 3 nitrogen and oxygen atoms in total. The largest absolute Gasteiger partial charge is 0.384 e. The van der Waals surface area contributed by atoms with Crippen LogP contribution in [-0.2, 0) is 13.1 Å². The van der Waals surface area contributed by atoms with Gasteiger partial charge < -0.3 is 5.73 Å². The molecule has 0 aromatic heterocycles. The zero-order valence-electron chi connectivity index (χ0n) is 11.7. The van der Waals surface area contributed by atoms with Gasteiger partial charge in [0.25, 0.3) is 0 Å². The van der Waals surface area contributed by atoms with Gasteiger partial charge in [-0.05, 0) is 30.8 Å². The summed E-state index contributed by atoms with van der Waals surface area (Å²) in [4.78, 5) is 2.00. The van der Waals surface area contributed by atoms with Gasteiger partial charge in [0.15, 0.2) is 0 Å². The van der Waals surface area contributed by atoms with Crippen molar-refractivity contribution >= 4 is 17.4 Å². The first-order chi connectivity index (χ1) is 9.95. The third-order valence-electron chi connectivity index (χ3n) is 3.15. The molecule has 0 aliphatic carbocycles. The molecule has 21 heavy (non-hydrogen) atoms. The number of nitrogens with zero attached hydrogens (tertiary/aromatic N) is 1. The van der Waals surface area contributed by atoms with Gasteiger partial charge in [-0.15, -0.1) is 0 Å². The summed E-state index contributed by atoms with van der Waals surface area (Å²) in [6.07, 6.45) is 0. The number of benzene rings is 2. The molecule has 0 atom stereocenters. The van der Waals surface area contributed by atoms with Crippen LogP contribution in [-0.4, -0.2) is 17.8 Å². The lowest BCUT2D eigenvalue weighted by Gasteiger charge is -2.17. The number of nitrogens with one attached hydrogen (secondary N) is 1. The third-order valence-corrected chi connectivity index (χ3v) is 3.38. The number of nitrogen functional groups attached to an aromatic ring is 1. The van der Waals surface area contributed by atoms with Crippen LogP contribution in [0.15, 0.2) is 42.5 Å². The Bertz CT molecular complexity index is 658. The van der Waals surface area contributed by atoms with Crippen molar-refractivity contribution in [2.24, 2.45) is 5.73 Å². The molecule has 2 aromatic rings. The van der Waals surface area contributed by atoms with E-state index in [4.69, 9.17) is 22.7 Å². The highest BCUT2D eigenvalue weighted by molar-refractivity contribution is 6.30. The van der Waals surface area contributed by atoms with Crippen LogP contribution in [0, 0.1) is 11.2 Å². The summed E-state index contributed by atoms with van der Waals surface area (Å²) >= 11 is 5.95. The lowest BCUT2D eigenvalue weighted by molar-refractivity contribution is 0.313. The number of halogens is 2. The van der Waals surface area contributed by atoms with E-state index in [0.29, 0.717) is 29.2 Å². The topological polar surface area (TPSA) is 53.1 Å². The minimum absolute atomic E-state index is 0.132. The van der Waals surface area contributed by atoms with Crippen LogP contribution in [0.25, 0.3) is 0 Å². The summed E-state index contributed by atoms with van der Waals surface area (Å²) in [6, 6.07) is 12.2. The fourth-order valence-electron chi connectivity index (χ4n) is 2.14. The maximum absolute atomic E-state index is 14.0. The Balaban J connectivity index is 2.06. The fourth-order valence-corrected chi connectivity index (χ4v) is 2.35. The molecule has 0 unspecified atom stereocenters. The van der Waals surface area contributed by atoms with E-state index in [1.165, 1.54) is 6.07 Å². The zero-order valence-corrected chi connectivity index (χ0v) is 12.5. The molecular weight excluding hydrogens is 289 g/mol. The monoisotopic (exact) mass is 305 g/mol. The van der Waals surface area contributed by atoms with E-state index in [1.54, 1.807) is 12.1 Å². The molecule has 0 spiro atoms. The zero-order chi connectivity index (χ0) is 15.4. The Labute approximate surface area is 128 Å². The highest BCUT2D eigenvalue weighted by Crippen LogP contribution is 2.16. The molecule has 0 aliphatic heterocycles. The Morgan fingerprint density at radius 3 is 2.62 bits per heavy atom. The van der Waals surface area contributed by atoms with Crippen LogP contribution in [0.4, 0.5) is 4.39 Å². The Kier molecular flexibility index (Phi) is 4.94. The average molecular weight is 306 g/mol.